The molecule has 2 heterocycles. The zero-order valence-corrected chi connectivity index (χ0v) is 17.1. The highest BCUT2D eigenvalue weighted by Crippen LogP contribution is 2.37. The molecule has 3 aromatic rings. The second-order valence-corrected chi connectivity index (χ2v) is 8.25. The number of hydrogen-bond donors (Lipinski definition) is 2. The number of amides is 2. The molecule has 0 radical (unpaired) electrons. The summed E-state index contributed by atoms with van der Waals surface area (Å²) < 4.78 is 1.53. The third kappa shape index (κ3) is 3.58. The van der Waals surface area contributed by atoms with E-state index in [1.54, 1.807) is 16.0 Å². The van der Waals surface area contributed by atoms with Gasteiger partial charge in [-0.05, 0) is 48.2 Å². The lowest BCUT2D eigenvalue weighted by Gasteiger charge is -2.35. The molecule has 0 unspecified atom stereocenters. The van der Waals surface area contributed by atoms with Crippen LogP contribution in [0.5, 0.6) is 0 Å². The summed E-state index contributed by atoms with van der Waals surface area (Å²) in [5.41, 5.74) is 2.32. The van der Waals surface area contributed by atoms with Crippen molar-refractivity contribution in [3.63, 3.8) is 0 Å². The van der Waals surface area contributed by atoms with Crippen LogP contribution in [0.25, 0.3) is 22.0 Å². The average molecular weight is 420 g/mol. The summed E-state index contributed by atoms with van der Waals surface area (Å²) in [6, 6.07) is 13.4. The summed E-state index contributed by atoms with van der Waals surface area (Å²) in [7, 11) is 0. The van der Waals surface area contributed by atoms with Crippen molar-refractivity contribution in [2.75, 3.05) is 26.2 Å². The fourth-order valence-corrected chi connectivity index (χ4v) is 4.11. The maximum atomic E-state index is 12.9. The lowest BCUT2D eigenvalue weighted by atomic mass is 10.0. The molecular weight excluding hydrogens is 396 g/mol. The number of aliphatic hydroxyl groups is 2. The van der Waals surface area contributed by atoms with Gasteiger partial charge >= 0.3 is 0 Å². The van der Waals surface area contributed by atoms with E-state index in [-0.39, 0.29) is 18.5 Å². The van der Waals surface area contributed by atoms with Gasteiger partial charge in [-0.3, -0.25) is 9.59 Å². The van der Waals surface area contributed by atoms with Crippen LogP contribution in [-0.4, -0.2) is 73.4 Å². The lowest BCUT2D eigenvalue weighted by molar-refractivity contribution is -0.143. The molecule has 0 spiro atoms. The fourth-order valence-electron chi connectivity index (χ4n) is 4.11. The summed E-state index contributed by atoms with van der Waals surface area (Å²) >= 11 is 0. The van der Waals surface area contributed by atoms with E-state index in [9.17, 15) is 19.8 Å². The molecule has 8 heteroatoms. The first kappa shape index (κ1) is 19.7. The molecule has 0 atom stereocenters. The van der Waals surface area contributed by atoms with E-state index in [1.807, 2.05) is 42.5 Å². The Hall–Kier alpha value is -3.23. The Kier molecular flexibility index (Phi) is 4.75. The Bertz CT molecular complexity index is 1140. The standard InChI is InChI=1S/C23H24N4O4/c28-15-27-20-6-5-18(13-19(20)14-24-27)16-1-3-17(4-2-16)21(29)25-9-11-26(12-10-25)22(30)23(31)7-8-23/h1-6,13-14,28,31H,7-12,15H2. The molecule has 5 rings (SSSR count). The maximum Gasteiger partial charge on any atom is 0.254 e. The van der Waals surface area contributed by atoms with Gasteiger partial charge < -0.3 is 20.0 Å². The third-order valence-electron chi connectivity index (χ3n) is 6.22. The van der Waals surface area contributed by atoms with E-state index in [1.165, 1.54) is 4.68 Å². The van der Waals surface area contributed by atoms with Gasteiger partial charge in [-0.25, -0.2) is 4.68 Å². The summed E-state index contributed by atoms with van der Waals surface area (Å²) in [6.07, 6.45) is 2.79. The van der Waals surface area contributed by atoms with Crippen molar-refractivity contribution in [3.8, 4) is 11.1 Å². The number of aliphatic hydroxyl groups excluding tert-OH is 1. The molecule has 1 aliphatic heterocycles. The van der Waals surface area contributed by atoms with Crippen LogP contribution in [-0.2, 0) is 11.5 Å². The van der Waals surface area contributed by atoms with E-state index < -0.39 is 5.60 Å². The minimum absolute atomic E-state index is 0.0524. The van der Waals surface area contributed by atoms with E-state index in [4.69, 9.17) is 0 Å². The van der Waals surface area contributed by atoms with E-state index in [0.29, 0.717) is 44.6 Å². The summed E-state index contributed by atoms with van der Waals surface area (Å²) in [5, 5.41) is 24.4. The molecule has 31 heavy (non-hydrogen) atoms. The topological polar surface area (TPSA) is 98.9 Å². The third-order valence-corrected chi connectivity index (χ3v) is 6.22. The molecule has 1 aromatic heterocycles. The largest absolute Gasteiger partial charge is 0.380 e. The second kappa shape index (κ2) is 7.47. The van der Waals surface area contributed by atoms with Crippen molar-refractivity contribution in [2.45, 2.75) is 25.2 Å². The molecule has 160 valence electrons. The van der Waals surface area contributed by atoms with Gasteiger partial charge in [0.2, 0.25) is 0 Å². The fraction of sp³-hybridized carbons (Fsp3) is 0.348. The Morgan fingerprint density at radius 2 is 1.58 bits per heavy atom. The Morgan fingerprint density at radius 3 is 2.23 bits per heavy atom. The number of benzene rings is 2. The van der Waals surface area contributed by atoms with Crippen molar-refractivity contribution in [3.05, 3.63) is 54.2 Å². The van der Waals surface area contributed by atoms with Crippen LogP contribution in [0.4, 0.5) is 0 Å². The van der Waals surface area contributed by atoms with Gasteiger partial charge in [0.05, 0.1) is 11.7 Å². The number of carbonyl (C=O) groups is 2. The zero-order chi connectivity index (χ0) is 21.6. The van der Waals surface area contributed by atoms with Crippen LogP contribution in [0.15, 0.2) is 48.7 Å². The van der Waals surface area contributed by atoms with Crippen molar-refractivity contribution in [1.29, 1.82) is 0 Å². The zero-order valence-electron chi connectivity index (χ0n) is 17.1. The number of hydrogen-bond acceptors (Lipinski definition) is 5. The molecule has 2 amide bonds. The van der Waals surface area contributed by atoms with Crippen molar-refractivity contribution in [2.24, 2.45) is 0 Å². The normalized spacial score (nSPS) is 17.7. The minimum atomic E-state index is -1.15. The first-order valence-electron chi connectivity index (χ1n) is 10.5. The van der Waals surface area contributed by atoms with Gasteiger partial charge in [0, 0.05) is 37.1 Å². The molecule has 1 aliphatic carbocycles. The van der Waals surface area contributed by atoms with Crippen LogP contribution in [0, 0.1) is 0 Å². The van der Waals surface area contributed by atoms with Crippen molar-refractivity contribution in [1.82, 2.24) is 19.6 Å². The Morgan fingerprint density at radius 1 is 0.935 bits per heavy atom. The lowest BCUT2D eigenvalue weighted by Crippen LogP contribution is -2.53. The van der Waals surface area contributed by atoms with Crippen LogP contribution in [0.1, 0.15) is 23.2 Å². The number of nitrogens with zero attached hydrogens (tertiary/aromatic N) is 4. The maximum absolute atomic E-state index is 12.9. The summed E-state index contributed by atoms with van der Waals surface area (Å²) in [6.45, 7) is 1.67. The highest BCUT2D eigenvalue weighted by atomic mass is 16.3. The van der Waals surface area contributed by atoms with Gasteiger partial charge in [0.15, 0.2) is 0 Å². The summed E-state index contributed by atoms with van der Waals surface area (Å²) in [4.78, 5) is 28.6. The number of carbonyl (C=O) groups excluding carboxylic acids is 2. The number of aromatic nitrogens is 2. The average Bonchev–Trinajstić information content (AvgIpc) is 3.44. The molecule has 2 fully saturated rings. The summed E-state index contributed by atoms with van der Waals surface area (Å²) in [5.74, 6) is -0.256. The van der Waals surface area contributed by atoms with Crippen molar-refractivity contribution >= 4 is 22.7 Å². The van der Waals surface area contributed by atoms with Gasteiger partial charge in [-0.2, -0.15) is 5.10 Å². The molecule has 0 bridgehead atoms. The van der Waals surface area contributed by atoms with Crippen molar-refractivity contribution < 1.29 is 19.8 Å². The first-order valence-corrected chi connectivity index (χ1v) is 10.5. The van der Waals surface area contributed by atoms with Gasteiger partial charge in [0.1, 0.15) is 12.3 Å². The minimum Gasteiger partial charge on any atom is -0.380 e. The van der Waals surface area contributed by atoms with Crippen LogP contribution in [0.3, 0.4) is 0 Å². The molecule has 1 saturated heterocycles. The molecule has 2 aromatic carbocycles. The van der Waals surface area contributed by atoms with Gasteiger partial charge in [-0.15, -0.1) is 0 Å². The predicted octanol–water partition coefficient (Wildman–Crippen LogP) is 1.46. The Balaban J connectivity index is 1.26. The van der Waals surface area contributed by atoms with Crippen LogP contribution in [0.2, 0.25) is 0 Å². The molecular formula is C23H24N4O4. The van der Waals surface area contributed by atoms with Gasteiger partial charge in [-0.1, -0.05) is 18.2 Å². The Labute approximate surface area is 179 Å². The SMILES string of the molecule is O=C(c1ccc(-c2ccc3c(cnn3CO)c2)cc1)N1CCN(C(=O)C2(O)CC2)CC1. The molecule has 8 nitrogen and oxygen atoms in total. The van der Waals surface area contributed by atoms with Gasteiger partial charge in [0.25, 0.3) is 11.8 Å². The second-order valence-electron chi connectivity index (χ2n) is 8.25. The number of piperazine rings is 1. The quantitative estimate of drug-likeness (QED) is 0.666. The van der Waals surface area contributed by atoms with E-state index in [2.05, 4.69) is 5.10 Å². The number of fused-ring (bicyclic) bond motifs is 1. The molecule has 2 aliphatic rings. The highest BCUT2D eigenvalue weighted by Gasteiger charge is 2.50. The van der Waals surface area contributed by atoms with E-state index in [0.717, 1.165) is 22.0 Å². The molecule has 2 N–H and O–H groups in total. The van der Waals surface area contributed by atoms with Crippen LogP contribution >= 0.6 is 0 Å². The van der Waals surface area contributed by atoms with Crippen LogP contribution < -0.4 is 0 Å². The highest BCUT2D eigenvalue weighted by molar-refractivity contribution is 5.95. The molecule has 1 saturated carbocycles. The predicted molar refractivity (Wildman–Crippen MR) is 114 cm³/mol. The smallest absolute Gasteiger partial charge is 0.254 e. The first-order chi connectivity index (χ1) is 15.0. The number of rotatable bonds is 4. The monoisotopic (exact) mass is 420 g/mol. The van der Waals surface area contributed by atoms with E-state index >= 15 is 0 Å².